The third-order valence-electron chi connectivity index (χ3n) is 4.49. The van der Waals surface area contributed by atoms with E-state index in [0.29, 0.717) is 10.6 Å². The maximum absolute atomic E-state index is 13.0. The fourth-order valence-corrected chi connectivity index (χ4v) is 4.27. The van der Waals surface area contributed by atoms with Gasteiger partial charge < -0.3 is 10.2 Å². The van der Waals surface area contributed by atoms with Crippen LogP contribution in [0.3, 0.4) is 0 Å². The van der Waals surface area contributed by atoms with Gasteiger partial charge in [0, 0.05) is 48.3 Å². The van der Waals surface area contributed by atoms with Gasteiger partial charge in [-0.15, -0.1) is 4.40 Å². The van der Waals surface area contributed by atoms with E-state index in [4.69, 9.17) is 11.6 Å². The van der Waals surface area contributed by atoms with Crippen molar-refractivity contribution in [2.75, 3.05) is 19.4 Å². The van der Waals surface area contributed by atoms with Gasteiger partial charge in [-0.05, 0) is 23.8 Å². The molecule has 0 aliphatic rings. The Morgan fingerprint density at radius 2 is 1.80 bits per heavy atom. The van der Waals surface area contributed by atoms with E-state index < -0.39 is 27.9 Å². The monoisotopic (exact) mass is 525 g/mol. The largest absolute Gasteiger partial charge is 0.451 e. The summed E-state index contributed by atoms with van der Waals surface area (Å²) in [5.41, 5.74) is 0.746. The molecule has 8 nitrogen and oxygen atoms in total. The summed E-state index contributed by atoms with van der Waals surface area (Å²) in [6, 6.07) is 10.7. The quantitative estimate of drug-likeness (QED) is 0.365. The Bertz CT molecular complexity index is 1360. The van der Waals surface area contributed by atoms with Crippen LogP contribution < -0.4 is 5.32 Å². The van der Waals surface area contributed by atoms with Crippen LogP contribution in [0.1, 0.15) is 11.4 Å². The van der Waals surface area contributed by atoms with Crippen molar-refractivity contribution in [3.63, 3.8) is 0 Å². The number of hydrogen-bond acceptors (Lipinski definition) is 5. The van der Waals surface area contributed by atoms with E-state index in [9.17, 15) is 26.4 Å². The first-order valence-corrected chi connectivity index (χ1v) is 11.7. The molecule has 1 N–H and O–H groups in total. The molecule has 0 aliphatic carbocycles. The lowest BCUT2D eigenvalue weighted by atomic mass is 10.1. The van der Waals surface area contributed by atoms with E-state index in [1.165, 1.54) is 23.1 Å². The van der Waals surface area contributed by atoms with Gasteiger partial charge in [0.1, 0.15) is 6.34 Å². The SMILES string of the molecule is CN(C)/C=N/S(=O)(=O)c1cc(NC(=O)Cc2ccccc2Cl)ccc1-c1cnc(C(F)(F)F)nc1. The number of nitrogens with zero attached hydrogens (tertiary/aromatic N) is 4. The summed E-state index contributed by atoms with van der Waals surface area (Å²) >= 11 is 6.08. The maximum Gasteiger partial charge on any atom is 0.451 e. The zero-order valence-electron chi connectivity index (χ0n) is 18.4. The van der Waals surface area contributed by atoms with E-state index in [0.717, 1.165) is 18.7 Å². The second-order valence-corrected chi connectivity index (χ2v) is 9.49. The van der Waals surface area contributed by atoms with Crippen LogP contribution in [0.4, 0.5) is 18.9 Å². The summed E-state index contributed by atoms with van der Waals surface area (Å²) in [5, 5.41) is 3.00. The molecule has 0 saturated carbocycles. The highest BCUT2D eigenvalue weighted by Gasteiger charge is 2.34. The number of aromatic nitrogens is 2. The van der Waals surface area contributed by atoms with Crippen molar-refractivity contribution < 1.29 is 26.4 Å². The first-order valence-electron chi connectivity index (χ1n) is 9.90. The number of benzene rings is 2. The van der Waals surface area contributed by atoms with Gasteiger partial charge >= 0.3 is 6.18 Å². The topological polar surface area (TPSA) is 105 Å². The minimum atomic E-state index is -4.75. The van der Waals surface area contributed by atoms with Crippen LogP contribution in [-0.2, 0) is 27.4 Å². The number of alkyl halides is 3. The lowest BCUT2D eigenvalue weighted by Crippen LogP contribution is -2.15. The van der Waals surface area contributed by atoms with Gasteiger partial charge in [-0.3, -0.25) is 4.79 Å². The van der Waals surface area contributed by atoms with Crippen molar-refractivity contribution in [1.29, 1.82) is 0 Å². The number of amides is 1. The zero-order chi connectivity index (χ0) is 25.8. The van der Waals surface area contributed by atoms with Crippen LogP contribution >= 0.6 is 11.6 Å². The van der Waals surface area contributed by atoms with Gasteiger partial charge in [-0.1, -0.05) is 35.9 Å². The van der Waals surface area contributed by atoms with Gasteiger partial charge in [-0.25, -0.2) is 9.97 Å². The summed E-state index contributed by atoms with van der Waals surface area (Å²) in [4.78, 5) is 20.1. The summed E-state index contributed by atoms with van der Waals surface area (Å²) in [5.74, 6) is -1.82. The Labute approximate surface area is 204 Å². The predicted octanol–water partition coefficient (Wildman–Crippen LogP) is 4.28. The molecule has 0 fully saturated rings. The minimum Gasteiger partial charge on any atom is -0.368 e. The highest BCUT2D eigenvalue weighted by molar-refractivity contribution is 7.90. The molecular formula is C22H19ClF3N5O3S. The number of sulfonamides is 1. The second kappa shape index (κ2) is 10.4. The number of carbonyl (C=O) groups excluding carboxylic acids is 1. The van der Waals surface area contributed by atoms with Gasteiger partial charge in [0.2, 0.25) is 11.7 Å². The van der Waals surface area contributed by atoms with Crippen molar-refractivity contribution in [2.24, 2.45) is 4.40 Å². The molecule has 184 valence electrons. The summed E-state index contributed by atoms with van der Waals surface area (Å²) in [6.45, 7) is 0. The molecule has 0 radical (unpaired) electrons. The molecule has 0 spiro atoms. The van der Waals surface area contributed by atoms with E-state index in [1.54, 1.807) is 38.4 Å². The molecule has 0 atom stereocenters. The third-order valence-corrected chi connectivity index (χ3v) is 6.12. The van der Waals surface area contributed by atoms with Crippen LogP contribution in [0.5, 0.6) is 0 Å². The van der Waals surface area contributed by atoms with Crippen LogP contribution in [0, 0.1) is 0 Å². The Balaban J connectivity index is 2.00. The summed E-state index contributed by atoms with van der Waals surface area (Å²) in [7, 11) is -1.19. The highest BCUT2D eigenvalue weighted by Crippen LogP contribution is 2.32. The number of carbonyl (C=O) groups is 1. The first kappa shape index (κ1) is 26.1. The van der Waals surface area contributed by atoms with Gasteiger partial charge in [0.05, 0.1) is 11.3 Å². The van der Waals surface area contributed by atoms with Gasteiger partial charge in [0.15, 0.2) is 0 Å². The highest BCUT2D eigenvalue weighted by atomic mass is 35.5. The third kappa shape index (κ3) is 6.76. The van der Waals surface area contributed by atoms with E-state index in [2.05, 4.69) is 19.7 Å². The van der Waals surface area contributed by atoms with Crippen molar-refractivity contribution in [3.05, 3.63) is 71.3 Å². The van der Waals surface area contributed by atoms with E-state index >= 15 is 0 Å². The smallest absolute Gasteiger partial charge is 0.368 e. The predicted molar refractivity (Wildman–Crippen MR) is 126 cm³/mol. The van der Waals surface area contributed by atoms with Gasteiger partial charge in [-0.2, -0.15) is 21.6 Å². The molecule has 3 rings (SSSR count). The molecule has 0 unspecified atom stereocenters. The Kier molecular flexibility index (Phi) is 7.76. The van der Waals surface area contributed by atoms with E-state index in [-0.39, 0.29) is 28.1 Å². The number of hydrogen-bond donors (Lipinski definition) is 1. The molecule has 0 saturated heterocycles. The maximum atomic E-state index is 13.0. The fraction of sp³-hybridized carbons (Fsp3) is 0.182. The average Bonchev–Trinajstić information content (AvgIpc) is 2.79. The summed E-state index contributed by atoms with van der Waals surface area (Å²) in [6.07, 6.45) is -2.01. The normalized spacial score (nSPS) is 12.1. The lowest BCUT2D eigenvalue weighted by Gasteiger charge is -2.13. The Hall–Kier alpha value is -3.51. The minimum absolute atomic E-state index is 0.0127. The molecule has 35 heavy (non-hydrogen) atoms. The standard InChI is InChI=1S/C22H19ClF3N5O3S/c1-31(2)13-29-35(33,34)19-10-16(30-20(32)9-14-5-3-4-6-18(14)23)7-8-17(19)15-11-27-21(28-12-15)22(24,25)26/h3-8,10-13H,9H2,1-2H3,(H,30,32)/b29-13+. The van der Waals surface area contributed by atoms with E-state index in [1.807, 2.05) is 0 Å². The molecule has 2 aromatic carbocycles. The first-order chi connectivity index (χ1) is 16.4. The molecule has 1 aromatic heterocycles. The van der Waals surface area contributed by atoms with Crippen molar-refractivity contribution in [1.82, 2.24) is 14.9 Å². The number of halogens is 4. The van der Waals surface area contributed by atoms with Crippen LogP contribution in [0.2, 0.25) is 5.02 Å². The molecule has 13 heteroatoms. The Morgan fingerprint density at radius 3 is 2.40 bits per heavy atom. The number of nitrogens with one attached hydrogen (secondary N) is 1. The Morgan fingerprint density at radius 1 is 1.14 bits per heavy atom. The summed E-state index contributed by atoms with van der Waals surface area (Å²) < 4.78 is 68.0. The van der Waals surface area contributed by atoms with Gasteiger partial charge in [0.25, 0.3) is 10.0 Å². The molecular weight excluding hydrogens is 507 g/mol. The van der Waals surface area contributed by atoms with Crippen LogP contribution in [0.25, 0.3) is 11.1 Å². The molecule has 3 aromatic rings. The fourth-order valence-electron chi connectivity index (χ4n) is 2.90. The zero-order valence-corrected chi connectivity index (χ0v) is 20.0. The van der Waals surface area contributed by atoms with Crippen molar-refractivity contribution in [2.45, 2.75) is 17.5 Å². The number of rotatable bonds is 7. The second-order valence-electron chi connectivity index (χ2n) is 7.48. The van der Waals surface area contributed by atoms with Crippen molar-refractivity contribution in [3.8, 4) is 11.1 Å². The molecule has 1 heterocycles. The van der Waals surface area contributed by atoms with Crippen LogP contribution in [0.15, 0.2) is 64.2 Å². The average molecular weight is 526 g/mol. The number of anilines is 1. The van der Waals surface area contributed by atoms with Crippen LogP contribution in [-0.4, -0.2) is 49.6 Å². The molecule has 0 aliphatic heterocycles. The lowest BCUT2D eigenvalue weighted by molar-refractivity contribution is -0.145. The van der Waals surface area contributed by atoms with Crippen molar-refractivity contribution >= 4 is 39.6 Å². The molecule has 0 bridgehead atoms. The molecule has 1 amide bonds.